The van der Waals surface area contributed by atoms with E-state index < -0.39 is 0 Å². The third kappa shape index (κ3) is 4.15. The summed E-state index contributed by atoms with van der Waals surface area (Å²) in [5, 5.41) is 9.28. The summed E-state index contributed by atoms with van der Waals surface area (Å²) in [4.78, 5) is 14.4. The van der Waals surface area contributed by atoms with Crippen LogP contribution in [0.3, 0.4) is 0 Å². The summed E-state index contributed by atoms with van der Waals surface area (Å²) >= 11 is 0. The molecule has 1 saturated carbocycles. The minimum Gasteiger partial charge on any atom is -0.393 e. The molecule has 0 heterocycles. The van der Waals surface area contributed by atoms with E-state index in [-0.39, 0.29) is 11.9 Å². The summed E-state index contributed by atoms with van der Waals surface area (Å²) in [6.45, 7) is 5.82. The average Bonchev–Trinajstić information content (AvgIpc) is 2.33. The Morgan fingerprint density at radius 2 is 1.85 bits per heavy atom. The molecule has 0 radical (unpaired) electrons. The van der Waals surface area contributed by atoms with Crippen molar-refractivity contribution in [3.63, 3.8) is 0 Å². The molecule has 3 nitrogen and oxygen atoms in total. The molecule has 0 atom stereocenters. The molecule has 0 amide bonds. The monoisotopic (exact) mass is 275 g/mol. The zero-order valence-corrected chi connectivity index (χ0v) is 12.7. The van der Waals surface area contributed by atoms with E-state index in [1.807, 2.05) is 26.0 Å². The number of ketones is 1. The highest BCUT2D eigenvalue weighted by Gasteiger charge is 2.27. The van der Waals surface area contributed by atoms with Gasteiger partial charge in [0.2, 0.25) is 0 Å². The molecule has 0 aromatic heterocycles. The fourth-order valence-corrected chi connectivity index (χ4v) is 2.95. The van der Waals surface area contributed by atoms with Crippen LogP contribution in [0.4, 0.5) is 0 Å². The van der Waals surface area contributed by atoms with Crippen LogP contribution in [-0.2, 0) is 0 Å². The van der Waals surface area contributed by atoms with Gasteiger partial charge < -0.3 is 10.0 Å². The predicted octanol–water partition coefficient (Wildman–Crippen LogP) is 2.58. The molecule has 0 unspecified atom stereocenters. The van der Waals surface area contributed by atoms with E-state index in [0.717, 1.165) is 42.6 Å². The first kappa shape index (κ1) is 15.2. The lowest BCUT2D eigenvalue weighted by atomic mass is 9.82. The van der Waals surface area contributed by atoms with Crippen molar-refractivity contribution in [1.82, 2.24) is 4.90 Å². The number of nitrogens with zero attached hydrogens (tertiary/aromatic N) is 1. The molecule has 0 bridgehead atoms. The number of hydrogen-bond donors (Lipinski definition) is 1. The Morgan fingerprint density at radius 1 is 1.25 bits per heavy atom. The minimum atomic E-state index is -0.0923. The van der Waals surface area contributed by atoms with Gasteiger partial charge in [0.05, 0.1) is 6.10 Å². The smallest absolute Gasteiger partial charge is 0.164 e. The first-order valence-electron chi connectivity index (χ1n) is 7.42. The molecule has 3 heteroatoms. The zero-order chi connectivity index (χ0) is 14.7. The van der Waals surface area contributed by atoms with Crippen LogP contribution in [0.2, 0.25) is 0 Å². The molecular formula is C17H25NO2. The Hall–Kier alpha value is -1.19. The number of hydrogen-bond acceptors (Lipinski definition) is 3. The van der Waals surface area contributed by atoms with Gasteiger partial charge >= 0.3 is 0 Å². The van der Waals surface area contributed by atoms with Gasteiger partial charge in [0.15, 0.2) is 5.78 Å². The predicted molar refractivity (Wildman–Crippen MR) is 81.1 cm³/mol. The minimum absolute atomic E-state index is 0.0923. The number of aryl methyl sites for hydroxylation is 2. The van der Waals surface area contributed by atoms with Crippen molar-refractivity contribution in [2.75, 3.05) is 20.1 Å². The normalized spacial score (nSPS) is 21.9. The molecule has 0 saturated heterocycles. The average molecular weight is 275 g/mol. The first-order chi connectivity index (χ1) is 9.44. The van der Waals surface area contributed by atoms with Gasteiger partial charge in [-0.3, -0.25) is 4.79 Å². The van der Waals surface area contributed by atoms with Gasteiger partial charge in [0.25, 0.3) is 0 Å². The number of Topliss-reactive ketones (excluding diaryl/α,β-unsaturated/α-hetero) is 1. The highest BCUT2D eigenvalue weighted by molar-refractivity contribution is 5.96. The highest BCUT2D eigenvalue weighted by atomic mass is 16.3. The zero-order valence-electron chi connectivity index (χ0n) is 12.7. The number of rotatable bonds is 6. The second kappa shape index (κ2) is 6.51. The Balaban J connectivity index is 1.79. The maximum atomic E-state index is 12.2. The van der Waals surface area contributed by atoms with Crippen molar-refractivity contribution in [3.8, 4) is 0 Å². The van der Waals surface area contributed by atoms with Crippen LogP contribution in [0, 0.1) is 19.8 Å². The maximum absolute atomic E-state index is 12.2. The standard InChI is InChI=1S/C17H25NO2/c1-12-6-13(2)8-15(7-12)17(20)4-5-18(3)11-14-9-16(19)10-14/h6-8,14,16,19H,4-5,9-11H2,1-3H3. The van der Waals surface area contributed by atoms with Crippen LogP contribution in [0.5, 0.6) is 0 Å². The van der Waals surface area contributed by atoms with Crippen molar-refractivity contribution in [3.05, 3.63) is 34.9 Å². The third-order valence-corrected chi connectivity index (χ3v) is 4.04. The van der Waals surface area contributed by atoms with E-state index in [2.05, 4.69) is 18.0 Å². The lowest BCUT2D eigenvalue weighted by Gasteiger charge is -2.34. The van der Waals surface area contributed by atoms with Crippen molar-refractivity contribution in [1.29, 1.82) is 0 Å². The summed E-state index contributed by atoms with van der Waals surface area (Å²) < 4.78 is 0. The van der Waals surface area contributed by atoms with Gasteiger partial charge in [0, 0.05) is 25.1 Å². The van der Waals surface area contributed by atoms with E-state index in [4.69, 9.17) is 0 Å². The molecular weight excluding hydrogens is 250 g/mol. The van der Waals surface area contributed by atoms with Crippen molar-refractivity contribution in [2.45, 2.75) is 39.2 Å². The van der Waals surface area contributed by atoms with Crippen LogP contribution in [0.25, 0.3) is 0 Å². The molecule has 0 aliphatic heterocycles. The molecule has 1 N–H and O–H groups in total. The first-order valence-corrected chi connectivity index (χ1v) is 7.42. The number of aliphatic hydroxyl groups is 1. The topological polar surface area (TPSA) is 40.5 Å². The van der Waals surface area contributed by atoms with Crippen LogP contribution in [0.1, 0.15) is 40.7 Å². The maximum Gasteiger partial charge on any atom is 0.164 e. The lowest BCUT2D eigenvalue weighted by molar-refractivity contribution is 0.0281. The molecule has 1 fully saturated rings. The summed E-state index contributed by atoms with van der Waals surface area (Å²) in [7, 11) is 2.06. The highest BCUT2D eigenvalue weighted by Crippen LogP contribution is 2.27. The van der Waals surface area contributed by atoms with Gasteiger partial charge in [-0.1, -0.05) is 17.2 Å². The van der Waals surface area contributed by atoms with Gasteiger partial charge in [-0.05, 0) is 51.8 Å². The van der Waals surface area contributed by atoms with Gasteiger partial charge in [-0.2, -0.15) is 0 Å². The Bertz CT molecular complexity index is 458. The summed E-state index contributed by atoms with van der Waals surface area (Å²) in [5.74, 6) is 0.823. The number of aliphatic hydroxyl groups excluding tert-OH is 1. The van der Waals surface area contributed by atoms with Crippen molar-refractivity contribution in [2.24, 2.45) is 5.92 Å². The quantitative estimate of drug-likeness (QED) is 0.811. The fraction of sp³-hybridized carbons (Fsp3) is 0.588. The molecule has 1 aliphatic carbocycles. The Labute approximate surface area is 121 Å². The summed E-state index contributed by atoms with van der Waals surface area (Å²) in [5.41, 5.74) is 3.12. The van der Waals surface area contributed by atoms with E-state index in [9.17, 15) is 9.90 Å². The van der Waals surface area contributed by atoms with E-state index in [1.54, 1.807) is 0 Å². The van der Waals surface area contributed by atoms with E-state index in [0.29, 0.717) is 12.3 Å². The molecule has 20 heavy (non-hydrogen) atoms. The van der Waals surface area contributed by atoms with Gasteiger partial charge in [0.1, 0.15) is 0 Å². The van der Waals surface area contributed by atoms with Crippen LogP contribution < -0.4 is 0 Å². The van der Waals surface area contributed by atoms with Crippen molar-refractivity contribution < 1.29 is 9.90 Å². The largest absolute Gasteiger partial charge is 0.393 e. The van der Waals surface area contributed by atoms with E-state index in [1.165, 1.54) is 0 Å². The van der Waals surface area contributed by atoms with E-state index >= 15 is 0 Å². The SMILES string of the molecule is Cc1cc(C)cc(C(=O)CCN(C)CC2CC(O)C2)c1. The Kier molecular flexibility index (Phi) is 4.95. The number of carbonyl (C=O) groups excluding carboxylic acids is 1. The van der Waals surface area contributed by atoms with Crippen LogP contribution >= 0.6 is 0 Å². The molecule has 1 aliphatic rings. The molecule has 0 spiro atoms. The second-order valence-corrected chi connectivity index (χ2v) is 6.30. The fourth-order valence-electron chi connectivity index (χ4n) is 2.95. The number of carbonyl (C=O) groups is 1. The third-order valence-electron chi connectivity index (χ3n) is 4.04. The Morgan fingerprint density at radius 3 is 2.40 bits per heavy atom. The summed E-state index contributed by atoms with van der Waals surface area (Å²) in [6, 6.07) is 6.03. The molecule has 110 valence electrons. The second-order valence-electron chi connectivity index (χ2n) is 6.30. The van der Waals surface area contributed by atoms with Crippen LogP contribution in [0.15, 0.2) is 18.2 Å². The van der Waals surface area contributed by atoms with Gasteiger partial charge in [-0.15, -0.1) is 0 Å². The van der Waals surface area contributed by atoms with Crippen LogP contribution in [-0.4, -0.2) is 42.0 Å². The van der Waals surface area contributed by atoms with Crippen molar-refractivity contribution >= 4 is 5.78 Å². The van der Waals surface area contributed by atoms with Gasteiger partial charge in [-0.25, -0.2) is 0 Å². The lowest BCUT2D eigenvalue weighted by Crippen LogP contribution is -2.37. The molecule has 1 aromatic carbocycles. The number of benzene rings is 1. The molecule has 2 rings (SSSR count). The molecule has 1 aromatic rings. The summed E-state index contributed by atoms with van der Waals surface area (Å²) in [6.07, 6.45) is 2.30.